The maximum atomic E-state index is 12.7. The summed E-state index contributed by atoms with van der Waals surface area (Å²) < 4.78 is 5.67. The fourth-order valence-corrected chi connectivity index (χ4v) is 3.90. The van der Waals surface area contributed by atoms with Crippen molar-refractivity contribution in [3.8, 4) is 5.75 Å². The first-order valence-electron chi connectivity index (χ1n) is 9.72. The van der Waals surface area contributed by atoms with Gasteiger partial charge in [-0.3, -0.25) is 9.59 Å². The molecule has 1 aliphatic heterocycles. The summed E-state index contributed by atoms with van der Waals surface area (Å²) in [7, 11) is 0. The van der Waals surface area contributed by atoms with Gasteiger partial charge in [-0.05, 0) is 49.1 Å². The van der Waals surface area contributed by atoms with Crippen molar-refractivity contribution in [3.63, 3.8) is 0 Å². The van der Waals surface area contributed by atoms with Crippen LogP contribution in [0, 0.1) is 0 Å². The van der Waals surface area contributed by atoms with E-state index in [1.165, 1.54) is 0 Å². The lowest BCUT2D eigenvalue weighted by atomic mass is 10.0. The van der Waals surface area contributed by atoms with E-state index in [4.69, 9.17) is 27.9 Å². The molecule has 0 atom stereocenters. The second kappa shape index (κ2) is 9.99. The van der Waals surface area contributed by atoms with E-state index in [0.717, 1.165) is 17.7 Å². The van der Waals surface area contributed by atoms with E-state index < -0.39 is 0 Å². The minimum atomic E-state index is -0.151. The molecule has 2 aromatic carbocycles. The molecule has 29 heavy (non-hydrogen) atoms. The number of rotatable bonds is 6. The van der Waals surface area contributed by atoms with Gasteiger partial charge in [-0.1, -0.05) is 48.3 Å². The van der Waals surface area contributed by atoms with Gasteiger partial charge < -0.3 is 15.0 Å². The molecular formula is C22H24Cl2N2O3. The number of carbonyl (C=O) groups is 2. The Morgan fingerprint density at radius 3 is 2.55 bits per heavy atom. The van der Waals surface area contributed by atoms with Crippen LogP contribution in [0.3, 0.4) is 0 Å². The molecule has 2 amide bonds. The van der Waals surface area contributed by atoms with Crippen LogP contribution in [0.1, 0.15) is 35.7 Å². The Morgan fingerprint density at radius 2 is 1.86 bits per heavy atom. The van der Waals surface area contributed by atoms with E-state index in [0.29, 0.717) is 41.5 Å². The minimum absolute atomic E-state index is 0.0173. The highest BCUT2D eigenvalue weighted by Gasteiger charge is 2.25. The third-order valence-electron chi connectivity index (χ3n) is 5.02. The van der Waals surface area contributed by atoms with E-state index in [2.05, 4.69) is 12.2 Å². The molecule has 1 aliphatic rings. The molecule has 0 aromatic heterocycles. The fraction of sp³-hybridized carbons (Fsp3) is 0.364. The van der Waals surface area contributed by atoms with E-state index in [-0.39, 0.29) is 24.5 Å². The number of hydrogen-bond donors (Lipinski definition) is 1. The van der Waals surface area contributed by atoms with Gasteiger partial charge in [-0.15, -0.1) is 0 Å². The molecule has 7 heteroatoms. The van der Waals surface area contributed by atoms with Crippen molar-refractivity contribution in [3.05, 3.63) is 63.6 Å². The van der Waals surface area contributed by atoms with Crippen molar-refractivity contribution in [2.24, 2.45) is 0 Å². The third-order valence-corrected chi connectivity index (χ3v) is 5.57. The topological polar surface area (TPSA) is 58.6 Å². The van der Waals surface area contributed by atoms with Crippen LogP contribution in [0.2, 0.25) is 10.0 Å². The van der Waals surface area contributed by atoms with Crippen molar-refractivity contribution in [1.82, 2.24) is 10.2 Å². The summed E-state index contributed by atoms with van der Waals surface area (Å²) in [5, 5.41) is 3.85. The smallest absolute Gasteiger partial charge is 0.258 e. The van der Waals surface area contributed by atoms with Gasteiger partial charge in [-0.2, -0.15) is 0 Å². The lowest BCUT2D eigenvalue weighted by Gasteiger charge is -2.32. The average molecular weight is 435 g/mol. The molecular weight excluding hydrogens is 411 g/mol. The van der Waals surface area contributed by atoms with Gasteiger partial charge in [-0.25, -0.2) is 0 Å². The maximum absolute atomic E-state index is 12.7. The number of likely N-dealkylation sites (tertiary alicyclic amines) is 1. The van der Waals surface area contributed by atoms with Crippen molar-refractivity contribution >= 4 is 35.0 Å². The molecule has 3 rings (SSSR count). The molecule has 0 radical (unpaired) electrons. The fourth-order valence-electron chi connectivity index (χ4n) is 3.41. The molecule has 5 nitrogen and oxygen atoms in total. The van der Waals surface area contributed by atoms with Crippen molar-refractivity contribution < 1.29 is 14.3 Å². The molecule has 0 saturated carbocycles. The minimum Gasteiger partial charge on any atom is -0.483 e. The van der Waals surface area contributed by atoms with Crippen LogP contribution >= 0.6 is 23.2 Å². The Hall–Kier alpha value is -2.24. The number of nitrogens with zero attached hydrogens (tertiary/aromatic N) is 1. The average Bonchev–Trinajstić information content (AvgIpc) is 2.72. The van der Waals surface area contributed by atoms with Crippen LogP contribution in [-0.2, 0) is 11.2 Å². The summed E-state index contributed by atoms with van der Waals surface area (Å²) in [6.07, 6.45) is 2.23. The summed E-state index contributed by atoms with van der Waals surface area (Å²) in [6.45, 7) is 3.15. The van der Waals surface area contributed by atoms with Gasteiger partial charge in [0.15, 0.2) is 6.61 Å². The number of halogens is 2. The van der Waals surface area contributed by atoms with Crippen LogP contribution in [0.25, 0.3) is 0 Å². The van der Waals surface area contributed by atoms with Crippen LogP contribution in [0.4, 0.5) is 0 Å². The van der Waals surface area contributed by atoms with Crippen molar-refractivity contribution in [2.45, 2.75) is 32.2 Å². The Balaban J connectivity index is 1.47. The maximum Gasteiger partial charge on any atom is 0.258 e. The van der Waals surface area contributed by atoms with Gasteiger partial charge in [0.2, 0.25) is 0 Å². The summed E-state index contributed by atoms with van der Waals surface area (Å²) in [4.78, 5) is 26.7. The molecule has 1 heterocycles. The van der Waals surface area contributed by atoms with Crippen LogP contribution in [0.5, 0.6) is 5.75 Å². The van der Waals surface area contributed by atoms with Gasteiger partial charge in [0.1, 0.15) is 5.75 Å². The van der Waals surface area contributed by atoms with E-state index in [9.17, 15) is 9.59 Å². The first-order chi connectivity index (χ1) is 14.0. The van der Waals surface area contributed by atoms with Gasteiger partial charge >= 0.3 is 0 Å². The number of para-hydroxylation sites is 1. The molecule has 2 aromatic rings. The summed E-state index contributed by atoms with van der Waals surface area (Å²) in [5.74, 6) is 0.475. The second-order valence-electron chi connectivity index (χ2n) is 7.01. The van der Waals surface area contributed by atoms with E-state index in [1.807, 2.05) is 24.3 Å². The number of aryl methyl sites for hydroxylation is 1. The van der Waals surface area contributed by atoms with Crippen molar-refractivity contribution in [1.29, 1.82) is 0 Å². The number of hydrogen-bond acceptors (Lipinski definition) is 3. The number of ether oxygens (including phenoxy) is 1. The van der Waals surface area contributed by atoms with Gasteiger partial charge in [0.05, 0.1) is 10.6 Å². The lowest BCUT2D eigenvalue weighted by Crippen LogP contribution is -2.47. The lowest BCUT2D eigenvalue weighted by molar-refractivity contribution is -0.124. The zero-order valence-electron chi connectivity index (χ0n) is 16.3. The number of benzene rings is 2. The Morgan fingerprint density at radius 1 is 1.14 bits per heavy atom. The van der Waals surface area contributed by atoms with E-state index in [1.54, 1.807) is 23.1 Å². The highest BCUT2D eigenvalue weighted by atomic mass is 35.5. The normalized spacial score (nSPS) is 14.5. The van der Waals surface area contributed by atoms with Crippen molar-refractivity contribution in [2.75, 3.05) is 19.7 Å². The number of nitrogens with one attached hydrogen (secondary N) is 1. The zero-order chi connectivity index (χ0) is 20.8. The standard InChI is InChI=1S/C22H24Cl2N2O3/c1-2-15-5-3-4-6-20(15)29-14-21(27)25-17-9-11-26(12-10-17)22(28)18-8-7-16(23)13-19(18)24/h3-8,13,17H,2,9-12,14H2,1H3,(H,25,27). The molecule has 1 N–H and O–H groups in total. The predicted molar refractivity (Wildman–Crippen MR) is 115 cm³/mol. The first kappa shape index (κ1) is 21.5. The number of carbonyl (C=O) groups excluding carboxylic acids is 2. The zero-order valence-corrected chi connectivity index (χ0v) is 17.8. The molecule has 0 spiro atoms. The summed E-state index contributed by atoms with van der Waals surface area (Å²) in [5.41, 5.74) is 1.52. The van der Waals surface area contributed by atoms with E-state index >= 15 is 0 Å². The molecule has 1 fully saturated rings. The molecule has 154 valence electrons. The number of piperidine rings is 1. The predicted octanol–water partition coefficient (Wildman–Crippen LogP) is 4.36. The number of amides is 2. The largest absolute Gasteiger partial charge is 0.483 e. The summed E-state index contributed by atoms with van der Waals surface area (Å²) in [6, 6.07) is 12.6. The van der Waals surface area contributed by atoms with Crippen LogP contribution in [0.15, 0.2) is 42.5 Å². The first-order valence-corrected chi connectivity index (χ1v) is 10.5. The monoisotopic (exact) mass is 434 g/mol. The Bertz CT molecular complexity index is 880. The molecule has 0 unspecified atom stereocenters. The highest BCUT2D eigenvalue weighted by Crippen LogP contribution is 2.24. The Kier molecular flexibility index (Phi) is 7.40. The van der Waals surface area contributed by atoms with Gasteiger partial charge in [0.25, 0.3) is 11.8 Å². The molecule has 1 saturated heterocycles. The summed E-state index contributed by atoms with van der Waals surface area (Å²) >= 11 is 12.0. The molecule has 0 aliphatic carbocycles. The Labute approximate surface area is 180 Å². The SMILES string of the molecule is CCc1ccccc1OCC(=O)NC1CCN(C(=O)c2ccc(Cl)cc2Cl)CC1. The van der Waals surface area contributed by atoms with Gasteiger partial charge in [0, 0.05) is 24.2 Å². The second-order valence-corrected chi connectivity index (χ2v) is 7.85. The van der Waals surface area contributed by atoms with Crippen LogP contribution < -0.4 is 10.1 Å². The highest BCUT2D eigenvalue weighted by molar-refractivity contribution is 6.36. The van der Waals surface area contributed by atoms with Crippen LogP contribution in [-0.4, -0.2) is 42.5 Å². The molecule has 0 bridgehead atoms. The quantitative estimate of drug-likeness (QED) is 0.734. The third kappa shape index (κ3) is 5.64.